The van der Waals surface area contributed by atoms with Gasteiger partial charge in [-0.2, -0.15) is 0 Å². The highest BCUT2D eigenvalue weighted by atomic mass is 35.5. The van der Waals surface area contributed by atoms with Crippen LogP contribution in [0.25, 0.3) is 0 Å². The summed E-state index contributed by atoms with van der Waals surface area (Å²) >= 11 is 7.06. The number of nitrogens with one attached hydrogen (secondary N) is 1. The van der Waals surface area contributed by atoms with Crippen molar-refractivity contribution in [2.24, 2.45) is 0 Å². The molecule has 3 N–H and O–H groups in total. The maximum Gasteiger partial charge on any atom is 0.264 e. The van der Waals surface area contributed by atoms with E-state index < -0.39 is 10.0 Å². The molecule has 2 rings (SSSR count). The summed E-state index contributed by atoms with van der Waals surface area (Å²) in [5, 5.41) is 8.97. The third kappa shape index (κ3) is 3.02. The predicted molar refractivity (Wildman–Crippen MR) is 80.7 cm³/mol. The monoisotopic (exact) mass is 332 g/mol. The molecule has 20 heavy (non-hydrogen) atoms. The highest BCUT2D eigenvalue weighted by Gasteiger charge is 2.20. The number of aromatic nitrogens is 2. The van der Waals surface area contributed by atoms with Gasteiger partial charge in [-0.25, -0.2) is 8.42 Å². The van der Waals surface area contributed by atoms with Crippen molar-refractivity contribution in [2.45, 2.75) is 25.2 Å². The van der Waals surface area contributed by atoms with Gasteiger partial charge in [0.05, 0.1) is 15.6 Å². The van der Waals surface area contributed by atoms with Gasteiger partial charge in [-0.05, 0) is 31.0 Å². The summed E-state index contributed by atoms with van der Waals surface area (Å²) in [7, 11) is -3.76. The Labute approximate surface area is 126 Å². The van der Waals surface area contributed by atoms with Gasteiger partial charge in [0.2, 0.25) is 5.13 Å². The molecule has 0 saturated carbocycles. The van der Waals surface area contributed by atoms with Crippen LogP contribution in [0.5, 0.6) is 0 Å². The summed E-state index contributed by atoms with van der Waals surface area (Å²) in [5.41, 5.74) is 6.38. The zero-order valence-electron chi connectivity index (χ0n) is 10.8. The topological polar surface area (TPSA) is 98.0 Å². The lowest BCUT2D eigenvalue weighted by molar-refractivity contribution is 0.600. The van der Waals surface area contributed by atoms with Crippen molar-refractivity contribution in [1.29, 1.82) is 0 Å². The molecule has 0 amide bonds. The van der Waals surface area contributed by atoms with Crippen molar-refractivity contribution in [3.05, 3.63) is 27.7 Å². The number of nitrogens with two attached hydrogens (primary N) is 1. The summed E-state index contributed by atoms with van der Waals surface area (Å²) in [6.07, 6.45) is 0.701. The molecule has 0 saturated heterocycles. The van der Waals surface area contributed by atoms with Crippen molar-refractivity contribution < 1.29 is 8.42 Å². The summed E-state index contributed by atoms with van der Waals surface area (Å²) < 4.78 is 27.0. The third-order valence-corrected chi connectivity index (χ3v) is 5.50. The number of sulfonamides is 1. The van der Waals surface area contributed by atoms with Crippen molar-refractivity contribution in [3.63, 3.8) is 0 Å². The van der Waals surface area contributed by atoms with Crippen LogP contribution in [0.4, 0.5) is 10.8 Å². The normalized spacial score (nSPS) is 11.6. The van der Waals surface area contributed by atoms with Crippen molar-refractivity contribution in [3.8, 4) is 0 Å². The van der Waals surface area contributed by atoms with Crippen molar-refractivity contribution >= 4 is 43.8 Å². The van der Waals surface area contributed by atoms with Gasteiger partial charge in [0.25, 0.3) is 10.0 Å². The molecule has 0 atom stereocenters. The molecule has 6 nitrogen and oxygen atoms in total. The molecule has 0 spiro atoms. The number of nitrogens with zero attached hydrogens (tertiary/aromatic N) is 2. The molecule has 0 radical (unpaired) electrons. The Morgan fingerprint density at radius 3 is 2.70 bits per heavy atom. The summed E-state index contributed by atoms with van der Waals surface area (Å²) in [6, 6.07) is 2.85. The number of benzene rings is 1. The predicted octanol–water partition coefficient (Wildman–Crippen LogP) is 2.45. The Balaban J connectivity index is 2.37. The molecular weight excluding hydrogens is 320 g/mol. The van der Waals surface area contributed by atoms with Gasteiger partial charge in [-0.1, -0.05) is 29.9 Å². The molecule has 1 aromatic carbocycles. The van der Waals surface area contributed by atoms with E-state index in [-0.39, 0.29) is 15.7 Å². The lowest BCUT2D eigenvalue weighted by Gasteiger charge is -2.09. The van der Waals surface area contributed by atoms with Crippen LogP contribution < -0.4 is 10.5 Å². The van der Waals surface area contributed by atoms with Crippen molar-refractivity contribution in [2.75, 3.05) is 10.5 Å². The number of halogens is 1. The maximum absolute atomic E-state index is 12.3. The number of hydrogen-bond donors (Lipinski definition) is 2. The van der Waals surface area contributed by atoms with Crippen LogP contribution in [0.2, 0.25) is 5.02 Å². The van der Waals surface area contributed by atoms with Crippen LogP contribution in [0.3, 0.4) is 0 Å². The first-order chi connectivity index (χ1) is 9.33. The quantitative estimate of drug-likeness (QED) is 0.838. The van der Waals surface area contributed by atoms with Crippen LogP contribution in [0.1, 0.15) is 17.5 Å². The number of anilines is 2. The van der Waals surface area contributed by atoms with Gasteiger partial charge < -0.3 is 5.73 Å². The zero-order valence-corrected chi connectivity index (χ0v) is 13.2. The van der Waals surface area contributed by atoms with E-state index in [2.05, 4.69) is 14.9 Å². The van der Waals surface area contributed by atoms with Gasteiger partial charge in [0.1, 0.15) is 5.01 Å². The van der Waals surface area contributed by atoms with Crippen molar-refractivity contribution in [1.82, 2.24) is 10.2 Å². The largest absolute Gasteiger partial charge is 0.397 e. The fraction of sp³-hybridized carbons (Fsp3) is 0.273. The van der Waals surface area contributed by atoms with E-state index in [1.807, 2.05) is 6.92 Å². The lowest BCUT2D eigenvalue weighted by atomic mass is 10.2. The minimum Gasteiger partial charge on any atom is -0.397 e. The molecular formula is C11H13ClN4O2S2. The second-order valence-electron chi connectivity index (χ2n) is 4.10. The molecule has 108 valence electrons. The SMILES string of the molecule is CCc1nnc(NS(=O)(=O)c2cc(N)c(Cl)cc2C)s1. The number of rotatable bonds is 4. The van der Waals surface area contributed by atoms with Gasteiger partial charge in [-0.15, -0.1) is 10.2 Å². The fourth-order valence-corrected chi connectivity index (χ4v) is 3.96. The van der Waals surface area contributed by atoms with Crippen LogP contribution in [0, 0.1) is 6.92 Å². The molecule has 0 aliphatic heterocycles. The third-order valence-electron chi connectivity index (χ3n) is 2.57. The first kappa shape index (κ1) is 15.0. The van der Waals surface area contributed by atoms with Gasteiger partial charge in [0, 0.05) is 0 Å². The highest BCUT2D eigenvalue weighted by Crippen LogP contribution is 2.28. The smallest absolute Gasteiger partial charge is 0.264 e. The average molecular weight is 333 g/mol. The molecule has 0 unspecified atom stereocenters. The molecule has 0 aliphatic carbocycles. The molecule has 2 aromatic rings. The second kappa shape index (κ2) is 5.55. The molecule has 1 aromatic heterocycles. The lowest BCUT2D eigenvalue weighted by Crippen LogP contribution is -2.14. The van der Waals surface area contributed by atoms with Crippen LogP contribution in [-0.4, -0.2) is 18.6 Å². The van der Waals surface area contributed by atoms with E-state index in [9.17, 15) is 8.42 Å². The summed E-state index contributed by atoms with van der Waals surface area (Å²) in [6.45, 7) is 3.57. The Hall–Kier alpha value is -1.38. The first-order valence-corrected chi connectivity index (χ1v) is 8.42. The average Bonchev–Trinajstić information content (AvgIpc) is 2.80. The van der Waals surface area contributed by atoms with E-state index in [1.165, 1.54) is 23.5 Å². The number of hydrogen-bond acceptors (Lipinski definition) is 6. The van der Waals surface area contributed by atoms with E-state index in [4.69, 9.17) is 17.3 Å². The first-order valence-electron chi connectivity index (χ1n) is 5.74. The Bertz CT molecular complexity index is 743. The van der Waals surface area contributed by atoms with E-state index in [1.54, 1.807) is 6.92 Å². The van der Waals surface area contributed by atoms with E-state index >= 15 is 0 Å². The fourth-order valence-electron chi connectivity index (χ4n) is 1.57. The van der Waals surface area contributed by atoms with E-state index in [0.717, 1.165) is 5.01 Å². The highest BCUT2D eigenvalue weighted by molar-refractivity contribution is 7.93. The molecule has 9 heteroatoms. The molecule has 0 aliphatic rings. The Morgan fingerprint density at radius 1 is 1.40 bits per heavy atom. The Morgan fingerprint density at radius 2 is 2.10 bits per heavy atom. The summed E-state index contributed by atoms with van der Waals surface area (Å²) in [4.78, 5) is 0.0765. The standard InChI is InChI=1S/C11H13ClN4O2S2/c1-3-10-14-15-11(19-10)16-20(17,18)9-5-8(13)7(12)4-6(9)2/h4-5H,3,13H2,1-2H3,(H,15,16). The van der Waals surface area contributed by atoms with Crippen LogP contribution in [0.15, 0.2) is 17.0 Å². The zero-order chi connectivity index (χ0) is 14.9. The van der Waals surface area contributed by atoms with E-state index in [0.29, 0.717) is 17.0 Å². The van der Waals surface area contributed by atoms with Gasteiger partial charge >= 0.3 is 0 Å². The minimum absolute atomic E-state index is 0.0765. The maximum atomic E-state index is 12.3. The van der Waals surface area contributed by atoms with Gasteiger partial charge in [0.15, 0.2) is 0 Å². The summed E-state index contributed by atoms with van der Waals surface area (Å²) in [5.74, 6) is 0. The number of aryl methyl sites for hydroxylation is 2. The van der Waals surface area contributed by atoms with Crippen LogP contribution >= 0.6 is 22.9 Å². The molecule has 0 fully saturated rings. The Kier molecular flexibility index (Phi) is 4.17. The van der Waals surface area contributed by atoms with Gasteiger partial charge in [-0.3, -0.25) is 4.72 Å². The molecule has 0 bridgehead atoms. The number of nitrogen functional groups attached to an aromatic ring is 1. The minimum atomic E-state index is -3.76. The van der Waals surface area contributed by atoms with Crippen LogP contribution in [-0.2, 0) is 16.4 Å². The second-order valence-corrected chi connectivity index (χ2v) is 7.22. The molecule has 1 heterocycles.